The molecular formula is C35H46N4O4. The van der Waals surface area contributed by atoms with Gasteiger partial charge in [-0.3, -0.25) is 14.5 Å². The molecule has 1 N–H and O–H groups in total. The molecule has 1 aliphatic rings. The van der Waals surface area contributed by atoms with Gasteiger partial charge in [0.1, 0.15) is 17.7 Å². The second-order valence-corrected chi connectivity index (χ2v) is 13.0. The molecule has 3 aromatic carbocycles. The van der Waals surface area contributed by atoms with Gasteiger partial charge in [-0.1, -0.05) is 62.4 Å². The third-order valence-corrected chi connectivity index (χ3v) is 8.01. The largest absolute Gasteiger partial charge is 0.444 e. The molecule has 0 spiro atoms. The molecule has 0 bridgehead atoms. The summed E-state index contributed by atoms with van der Waals surface area (Å²) in [5.74, 6) is -0.133. The van der Waals surface area contributed by atoms with Gasteiger partial charge in [-0.05, 0) is 81.0 Å². The Morgan fingerprint density at radius 2 is 1.65 bits per heavy atom. The number of nitrogens with one attached hydrogen (secondary N) is 1. The van der Waals surface area contributed by atoms with Crippen LogP contribution < -0.4 is 15.1 Å². The van der Waals surface area contributed by atoms with Crippen LogP contribution in [-0.4, -0.2) is 60.6 Å². The van der Waals surface area contributed by atoms with Crippen LogP contribution in [0.1, 0.15) is 59.1 Å². The van der Waals surface area contributed by atoms with E-state index in [0.717, 1.165) is 46.2 Å². The second kappa shape index (κ2) is 13.1. The van der Waals surface area contributed by atoms with E-state index in [1.54, 1.807) is 27.7 Å². The molecule has 3 amide bonds. The van der Waals surface area contributed by atoms with Crippen molar-refractivity contribution in [3.05, 3.63) is 71.8 Å². The first-order valence-electron chi connectivity index (χ1n) is 15.2. The number of ether oxygens (including phenoxy) is 1. The SMILES string of the molecule is Cc1ccc2ccccc2c1CN1C(=O)[C@@H](NC(=O)[C@H](C)N(C)C(=O)OC(C)(C)C)CN(CCC(C)C)c2ccccc21. The summed E-state index contributed by atoms with van der Waals surface area (Å²) in [5, 5.41) is 5.22. The molecule has 0 aromatic heterocycles. The van der Waals surface area contributed by atoms with Crippen molar-refractivity contribution in [1.82, 2.24) is 10.2 Å². The number of fused-ring (bicyclic) bond motifs is 2. The maximum absolute atomic E-state index is 14.5. The average molecular weight is 587 g/mol. The van der Waals surface area contributed by atoms with Gasteiger partial charge in [-0.15, -0.1) is 0 Å². The van der Waals surface area contributed by atoms with Gasteiger partial charge in [0, 0.05) is 20.1 Å². The lowest BCUT2D eigenvalue weighted by molar-refractivity contribution is -0.130. The molecular weight excluding hydrogens is 540 g/mol. The van der Waals surface area contributed by atoms with E-state index in [0.29, 0.717) is 19.0 Å². The monoisotopic (exact) mass is 586 g/mol. The van der Waals surface area contributed by atoms with Gasteiger partial charge in [0.25, 0.3) is 5.91 Å². The van der Waals surface area contributed by atoms with E-state index in [1.165, 1.54) is 11.9 Å². The molecule has 0 saturated heterocycles. The Bertz CT molecular complexity index is 1480. The predicted molar refractivity (Wildman–Crippen MR) is 173 cm³/mol. The normalized spacial score (nSPS) is 16.1. The second-order valence-electron chi connectivity index (χ2n) is 13.0. The van der Waals surface area contributed by atoms with Crippen molar-refractivity contribution >= 4 is 40.1 Å². The van der Waals surface area contributed by atoms with E-state index in [9.17, 15) is 14.4 Å². The summed E-state index contributed by atoms with van der Waals surface area (Å²) >= 11 is 0. The number of benzene rings is 3. The molecule has 0 unspecified atom stereocenters. The lowest BCUT2D eigenvalue weighted by Gasteiger charge is -2.31. The van der Waals surface area contributed by atoms with Gasteiger partial charge in [0.2, 0.25) is 5.91 Å². The number of carbonyl (C=O) groups is 3. The van der Waals surface area contributed by atoms with Gasteiger partial charge in [-0.2, -0.15) is 0 Å². The van der Waals surface area contributed by atoms with Gasteiger partial charge in [0.15, 0.2) is 0 Å². The van der Waals surface area contributed by atoms with Gasteiger partial charge < -0.3 is 19.9 Å². The predicted octanol–water partition coefficient (Wildman–Crippen LogP) is 6.29. The minimum absolute atomic E-state index is 0.188. The zero-order chi connectivity index (χ0) is 31.5. The summed E-state index contributed by atoms with van der Waals surface area (Å²) in [4.78, 5) is 46.0. The highest BCUT2D eigenvalue weighted by Gasteiger charge is 2.37. The Morgan fingerprint density at radius 3 is 2.33 bits per heavy atom. The molecule has 0 aliphatic carbocycles. The van der Waals surface area contributed by atoms with Crippen molar-refractivity contribution in [1.29, 1.82) is 0 Å². The van der Waals surface area contributed by atoms with Crippen LogP contribution in [0.4, 0.5) is 16.2 Å². The van der Waals surface area contributed by atoms with E-state index < -0.39 is 29.7 Å². The molecule has 8 nitrogen and oxygen atoms in total. The van der Waals surface area contributed by atoms with Crippen LogP contribution in [0.25, 0.3) is 10.8 Å². The topological polar surface area (TPSA) is 82.2 Å². The Morgan fingerprint density at radius 1 is 1.00 bits per heavy atom. The van der Waals surface area contributed by atoms with E-state index in [-0.39, 0.29) is 5.91 Å². The van der Waals surface area contributed by atoms with Crippen molar-refractivity contribution in [3.8, 4) is 0 Å². The van der Waals surface area contributed by atoms with Crippen LogP contribution in [-0.2, 0) is 20.9 Å². The van der Waals surface area contributed by atoms with E-state index in [1.807, 2.05) is 35.2 Å². The fourth-order valence-corrected chi connectivity index (χ4v) is 5.33. The smallest absolute Gasteiger partial charge is 0.410 e. The molecule has 0 fully saturated rings. The van der Waals surface area contributed by atoms with Crippen LogP contribution in [0.2, 0.25) is 0 Å². The number of amides is 3. The summed E-state index contributed by atoms with van der Waals surface area (Å²) < 4.78 is 5.47. The maximum atomic E-state index is 14.5. The van der Waals surface area contributed by atoms with Crippen LogP contribution in [0.3, 0.4) is 0 Å². The summed E-state index contributed by atoms with van der Waals surface area (Å²) in [6.07, 6.45) is 0.338. The Kier molecular flexibility index (Phi) is 9.68. The molecule has 0 radical (unpaired) electrons. The number of para-hydroxylation sites is 2. The van der Waals surface area contributed by atoms with Crippen LogP contribution in [0.5, 0.6) is 0 Å². The Balaban J connectivity index is 1.71. The van der Waals surface area contributed by atoms with Crippen molar-refractivity contribution < 1.29 is 19.1 Å². The highest BCUT2D eigenvalue weighted by molar-refractivity contribution is 6.04. The Hall–Kier alpha value is -4.07. The highest BCUT2D eigenvalue weighted by atomic mass is 16.6. The van der Waals surface area contributed by atoms with E-state index in [2.05, 4.69) is 61.3 Å². The van der Waals surface area contributed by atoms with Gasteiger partial charge in [0.05, 0.1) is 17.9 Å². The number of nitrogens with zero attached hydrogens (tertiary/aromatic N) is 3. The first-order valence-corrected chi connectivity index (χ1v) is 15.2. The fraction of sp³-hybridized carbons (Fsp3) is 0.457. The highest BCUT2D eigenvalue weighted by Crippen LogP contribution is 2.35. The first kappa shape index (κ1) is 31.9. The summed E-state index contributed by atoms with van der Waals surface area (Å²) in [6.45, 7) is 14.8. The lowest BCUT2D eigenvalue weighted by atomic mass is 9.99. The number of aryl methyl sites for hydroxylation is 1. The zero-order valence-electron chi connectivity index (χ0n) is 26.8. The van der Waals surface area contributed by atoms with Crippen molar-refractivity contribution in [2.45, 2.75) is 79.1 Å². The minimum atomic E-state index is -0.842. The molecule has 230 valence electrons. The summed E-state index contributed by atoms with van der Waals surface area (Å²) in [6, 6.07) is 18.7. The Labute approximate surface area is 256 Å². The molecule has 1 heterocycles. The van der Waals surface area contributed by atoms with E-state index >= 15 is 0 Å². The number of likely N-dealkylation sites (N-methyl/N-ethyl adjacent to an activating group) is 1. The standard InChI is InChI=1S/C35H46N4O4/c1-23(2)19-20-38-22-29(36-32(40)25(4)37(8)34(42)43-35(5,6)7)33(41)39(31-16-12-11-15-30(31)38)21-28-24(3)17-18-26-13-9-10-14-27(26)28/h9-18,23,25,29H,19-22H2,1-8H3,(H,36,40)/t25-,29-/m0/s1. The molecule has 43 heavy (non-hydrogen) atoms. The van der Waals surface area contributed by atoms with E-state index in [4.69, 9.17) is 4.74 Å². The molecule has 3 aromatic rings. The third-order valence-electron chi connectivity index (χ3n) is 8.01. The fourth-order valence-electron chi connectivity index (χ4n) is 5.33. The van der Waals surface area contributed by atoms with Crippen molar-refractivity contribution in [3.63, 3.8) is 0 Å². The van der Waals surface area contributed by atoms with Gasteiger partial charge in [-0.25, -0.2) is 4.79 Å². The molecule has 2 atom stereocenters. The van der Waals surface area contributed by atoms with Crippen molar-refractivity contribution in [2.24, 2.45) is 5.92 Å². The number of carbonyl (C=O) groups excluding carboxylic acids is 3. The lowest BCUT2D eigenvalue weighted by Crippen LogP contribution is -2.56. The summed E-state index contributed by atoms with van der Waals surface area (Å²) in [7, 11) is 1.54. The maximum Gasteiger partial charge on any atom is 0.410 e. The average Bonchev–Trinajstić information content (AvgIpc) is 3.06. The number of hydrogen-bond acceptors (Lipinski definition) is 5. The van der Waals surface area contributed by atoms with Crippen LogP contribution in [0.15, 0.2) is 60.7 Å². The number of rotatable bonds is 8. The van der Waals surface area contributed by atoms with Crippen LogP contribution in [0, 0.1) is 12.8 Å². The zero-order valence-corrected chi connectivity index (χ0v) is 26.8. The molecule has 1 aliphatic heterocycles. The third kappa shape index (κ3) is 7.48. The minimum Gasteiger partial charge on any atom is -0.444 e. The molecule has 8 heteroatoms. The summed E-state index contributed by atoms with van der Waals surface area (Å²) in [5.41, 5.74) is 3.25. The molecule has 4 rings (SSSR count). The quantitative estimate of drug-likeness (QED) is 0.336. The first-order chi connectivity index (χ1) is 20.3. The van der Waals surface area contributed by atoms with Gasteiger partial charge >= 0.3 is 6.09 Å². The van der Waals surface area contributed by atoms with Crippen LogP contribution >= 0.6 is 0 Å². The number of anilines is 2. The number of hydrogen-bond donors (Lipinski definition) is 1. The van der Waals surface area contributed by atoms with Crippen molar-refractivity contribution in [2.75, 3.05) is 29.9 Å². The molecule has 0 saturated carbocycles.